The molecule has 19 heavy (non-hydrogen) atoms. The van der Waals surface area contributed by atoms with Crippen LogP contribution in [0.2, 0.25) is 0 Å². The minimum Gasteiger partial charge on any atom is -0.490 e. The van der Waals surface area contributed by atoms with Gasteiger partial charge >= 0.3 is 0 Å². The summed E-state index contributed by atoms with van der Waals surface area (Å²) in [5, 5.41) is 0. The van der Waals surface area contributed by atoms with Crippen LogP contribution in [0.1, 0.15) is 26.2 Å². The highest BCUT2D eigenvalue weighted by molar-refractivity contribution is 9.10. The van der Waals surface area contributed by atoms with Crippen LogP contribution in [0.4, 0.5) is 0 Å². The molecule has 1 aliphatic rings. The number of carbonyl (C=O) groups is 1. The number of para-hydroxylation sites is 1. The Morgan fingerprint density at radius 2 is 2.00 bits per heavy atom. The number of piperidine rings is 1. The van der Waals surface area contributed by atoms with E-state index in [1.54, 1.807) is 0 Å². The Morgan fingerprint density at radius 3 is 2.58 bits per heavy atom. The summed E-state index contributed by atoms with van der Waals surface area (Å²) in [7, 11) is 0. The van der Waals surface area contributed by atoms with Gasteiger partial charge in [-0.2, -0.15) is 0 Å². The number of ether oxygens (including phenoxy) is 1. The highest BCUT2D eigenvalue weighted by atomic mass is 79.9. The van der Waals surface area contributed by atoms with Crippen molar-refractivity contribution >= 4 is 21.8 Å². The Balaban J connectivity index is 1.81. The van der Waals surface area contributed by atoms with Gasteiger partial charge in [0.2, 0.25) is 5.91 Å². The van der Waals surface area contributed by atoms with Crippen molar-refractivity contribution in [2.24, 2.45) is 0 Å². The fraction of sp³-hybridized carbons (Fsp3) is 0.533. The first-order valence-corrected chi connectivity index (χ1v) is 7.77. The highest BCUT2D eigenvalue weighted by Crippen LogP contribution is 2.20. The van der Waals surface area contributed by atoms with Gasteiger partial charge in [-0.3, -0.25) is 4.79 Å². The van der Waals surface area contributed by atoms with Crippen LogP contribution in [-0.4, -0.2) is 34.8 Å². The highest BCUT2D eigenvalue weighted by Gasteiger charge is 2.26. The Bertz CT molecular complexity index is 402. The van der Waals surface area contributed by atoms with Gasteiger partial charge < -0.3 is 9.64 Å². The van der Waals surface area contributed by atoms with Gasteiger partial charge in [-0.05, 0) is 18.6 Å². The molecule has 1 saturated heterocycles. The van der Waals surface area contributed by atoms with E-state index in [-0.39, 0.29) is 16.8 Å². The largest absolute Gasteiger partial charge is 0.490 e. The zero-order chi connectivity index (χ0) is 13.7. The molecule has 3 nitrogen and oxygen atoms in total. The molecule has 0 aromatic heterocycles. The lowest BCUT2D eigenvalue weighted by Gasteiger charge is -2.33. The zero-order valence-corrected chi connectivity index (χ0v) is 12.8. The van der Waals surface area contributed by atoms with E-state index < -0.39 is 0 Å². The number of halogens is 1. The second-order valence-electron chi connectivity index (χ2n) is 4.83. The molecule has 4 heteroatoms. The molecular formula is C15H20BrNO2. The zero-order valence-electron chi connectivity index (χ0n) is 11.2. The summed E-state index contributed by atoms with van der Waals surface area (Å²) in [6, 6.07) is 9.89. The van der Waals surface area contributed by atoms with E-state index in [4.69, 9.17) is 4.74 Å². The summed E-state index contributed by atoms with van der Waals surface area (Å²) in [4.78, 5) is 13.9. The first kappa shape index (κ1) is 14.4. The average molecular weight is 326 g/mol. The van der Waals surface area contributed by atoms with Crippen molar-refractivity contribution < 1.29 is 9.53 Å². The van der Waals surface area contributed by atoms with Crippen LogP contribution >= 0.6 is 15.9 Å². The fourth-order valence-electron chi connectivity index (χ4n) is 2.26. The lowest BCUT2D eigenvalue weighted by Crippen LogP contribution is -2.44. The molecule has 2 rings (SSSR count). The third-order valence-corrected chi connectivity index (χ3v) is 4.47. The van der Waals surface area contributed by atoms with Gasteiger partial charge in [-0.15, -0.1) is 0 Å². The molecule has 1 atom stereocenters. The van der Waals surface area contributed by atoms with Crippen LogP contribution in [-0.2, 0) is 4.79 Å². The molecule has 0 saturated carbocycles. The first-order valence-electron chi connectivity index (χ1n) is 6.85. The molecular weight excluding hydrogens is 306 g/mol. The number of nitrogens with zero attached hydrogens (tertiary/aromatic N) is 1. The van der Waals surface area contributed by atoms with Gasteiger partial charge in [0.1, 0.15) is 11.9 Å². The summed E-state index contributed by atoms with van der Waals surface area (Å²) in [6.45, 7) is 3.60. The molecule has 0 aliphatic carbocycles. The van der Waals surface area contributed by atoms with Crippen LogP contribution in [0.3, 0.4) is 0 Å². The summed E-state index contributed by atoms with van der Waals surface area (Å²) in [6.07, 6.45) is 2.87. The first-order chi connectivity index (χ1) is 9.20. The number of rotatable bonds is 4. The Kier molecular flexibility index (Phi) is 5.25. The topological polar surface area (TPSA) is 29.5 Å². The van der Waals surface area contributed by atoms with Gasteiger partial charge in [0.25, 0.3) is 0 Å². The molecule has 1 aliphatic heterocycles. The lowest BCUT2D eigenvalue weighted by atomic mass is 10.1. The van der Waals surface area contributed by atoms with E-state index >= 15 is 0 Å². The van der Waals surface area contributed by atoms with Crippen molar-refractivity contribution in [3.63, 3.8) is 0 Å². The molecule has 1 amide bonds. The van der Waals surface area contributed by atoms with E-state index in [0.29, 0.717) is 0 Å². The Hall–Kier alpha value is -1.03. The SMILES string of the molecule is CCC(Br)C(=O)N1CCC(Oc2ccccc2)CC1. The number of hydrogen-bond donors (Lipinski definition) is 0. The summed E-state index contributed by atoms with van der Waals surface area (Å²) in [5.74, 6) is 1.12. The normalized spacial score (nSPS) is 18.1. The van der Waals surface area contributed by atoms with Crippen molar-refractivity contribution in [3.8, 4) is 5.75 Å². The van der Waals surface area contributed by atoms with Crippen molar-refractivity contribution in [3.05, 3.63) is 30.3 Å². The monoisotopic (exact) mass is 325 g/mol. The maximum Gasteiger partial charge on any atom is 0.236 e. The standard InChI is InChI=1S/C15H20BrNO2/c1-2-14(16)15(18)17-10-8-13(9-11-17)19-12-6-4-3-5-7-12/h3-7,13-14H,2,8-11H2,1H3. The number of carbonyl (C=O) groups excluding carboxylic acids is 1. The third kappa shape index (κ3) is 3.96. The minimum atomic E-state index is -0.0425. The number of hydrogen-bond acceptors (Lipinski definition) is 2. The number of alkyl halides is 1. The minimum absolute atomic E-state index is 0.0425. The van der Waals surface area contributed by atoms with Gasteiger partial charge in [0, 0.05) is 25.9 Å². The number of benzene rings is 1. The second-order valence-corrected chi connectivity index (χ2v) is 5.94. The van der Waals surface area contributed by atoms with Crippen molar-refractivity contribution in [1.29, 1.82) is 0 Å². The summed E-state index contributed by atoms with van der Waals surface area (Å²) < 4.78 is 5.92. The molecule has 104 valence electrons. The molecule has 0 radical (unpaired) electrons. The molecule has 1 heterocycles. The molecule has 0 N–H and O–H groups in total. The maximum atomic E-state index is 12.0. The van der Waals surface area contributed by atoms with Gasteiger partial charge in [-0.25, -0.2) is 0 Å². The summed E-state index contributed by atoms with van der Waals surface area (Å²) >= 11 is 3.42. The van der Waals surface area contributed by atoms with E-state index in [0.717, 1.165) is 38.1 Å². The molecule has 1 aromatic rings. The van der Waals surface area contributed by atoms with Crippen molar-refractivity contribution in [1.82, 2.24) is 4.90 Å². The van der Waals surface area contributed by atoms with E-state index in [1.165, 1.54) is 0 Å². The molecule has 0 spiro atoms. The van der Waals surface area contributed by atoms with Crippen LogP contribution < -0.4 is 4.74 Å². The molecule has 1 aromatic carbocycles. The summed E-state index contributed by atoms with van der Waals surface area (Å²) in [5.41, 5.74) is 0. The molecule has 1 unspecified atom stereocenters. The van der Waals surface area contributed by atoms with Crippen LogP contribution in [0.5, 0.6) is 5.75 Å². The van der Waals surface area contributed by atoms with Crippen molar-refractivity contribution in [2.75, 3.05) is 13.1 Å². The number of likely N-dealkylation sites (tertiary alicyclic amines) is 1. The molecule has 1 fully saturated rings. The van der Waals surface area contributed by atoms with E-state index in [2.05, 4.69) is 15.9 Å². The third-order valence-electron chi connectivity index (χ3n) is 3.43. The van der Waals surface area contributed by atoms with E-state index in [9.17, 15) is 4.79 Å². The quantitative estimate of drug-likeness (QED) is 0.795. The number of amides is 1. The van der Waals surface area contributed by atoms with Gasteiger partial charge in [0.05, 0.1) is 4.83 Å². The molecule has 0 bridgehead atoms. The van der Waals surface area contributed by atoms with Crippen LogP contribution in [0, 0.1) is 0 Å². The Labute approximate surface area is 123 Å². The second kappa shape index (κ2) is 6.94. The maximum absolute atomic E-state index is 12.0. The lowest BCUT2D eigenvalue weighted by molar-refractivity contribution is -0.132. The average Bonchev–Trinajstić information content (AvgIpc) is 2.47. The smallest absolute Gasteiger partial charge is 0.236 e. The van der Waals surface area contributed by atoms with E-state index in [1.807, 2.05) is 42.2 Å². The fourth-order valence-corrected chi connectivity index (χ4v) is 2.55. The Morgan fingerprint density at radius 1 is 1.37 bits per heavy atom. The van der Waals surface area contributed by atoms with Crippen LogP contribution in [0.15, 0.2) is 30.3 Å². The van der Waals surface area contributed by atoms with Gasteiger partial charge in [0.15, 0.2) is 0 Å². The van der Waals surface area contributed by atoms with Gasteiger partial charge in [-0.1, -0.05) is 41.1 Å². The van der Waals surface area contributed by atoms with Crippen molar-refractivity contribution in [2.45, 2.75) is 37.1 Å². The van der Waals surface area contributed by atoms with Crippen LogP contribution in [0.25, 0.3) is 0 Å². The predicted molar refractivity (Wildman–Crippen MR) is 79.7 cm³/mol. The predicted octanol–water partition coefficient (Wildman–Crippen LogP) is 3.23.